The van der Waals surface area contributed by atoms with Crippen LogP contribution in [0.15, 0.2) is 78.9 Å². The normalized spacial score (nSPS) is 11.1. The monoisotopic (exact) mass is 618 g/mol. The number of rotatable bonds is 5. The van der Waals surface area contributed by atoms with Crippen molar-refractivity contribution < 1.29 is 9.47 Å². The van der Waals surface area contributed by atoms with Gasteiger partial charge in [0, 0.05) is 0 Å². The minimum absolute atomic E-state index is 0.769. The Labute approximate surface area is 189 Å². The second-order valence-electron chi connectivity index (χ2n) is 6.45. The average molecular weight is 619 g/mol. The second-order valence-corrected chi connectivity index (χ2v) is 15.6. The zero-order valence-corrected chi connectivity index (χ0v) is 21.0. The molecule has 5 heteroatoms. The van der Waals surface area contributed by atoms with Crippen LogP contribution in [0.2, 0.25) is 10.0 Å². The summed E-state index contributed by atoms with van der Waals surface area (Å²) in [6.45, 7) is 0. The number of hydrogen-bond acceptors (Lipinski definition) is 2. The summed E-state index contributed by atoms with van der Waals surface area (Å²) in [7, 11) is 3.35. The summed E-state index contributed by atoms with van der Waals surface area (Å²) in [6, 6.07) is 26.7. The Hall–Kier alpha value is -1.80. The summed E-state index contributed by atoms with van der Waals surface area (Å²) in [4.78, 5) is 0. The summed E-state index contributed by atoms with van der Waals surface area (Å²) < 4.78 is 14.4. The molecule has 0 spiro atoms. The molecule has 0 radical (unpaired) electrons. The Bertz CT molecular complexity index is 1010. The Morgan fingerprint density at radius 2 is 1.00 bits per heavy atom. The molecule has 146 valence electrons. The topological polar surface area (TPSA) is 18.5 Å². The number of ether oxygens (including phenoxy) is 2. The van der Waals surface area contributed by atoms with Crippen molar-refractivity contribution in [2.75, 3.05) is 14.2 Å². The molecule has 2 aromatic carbocycles. The third-order valence-corrected chi connectivity index (χ3v) is 16.5. The number of hydrogen-bond donors (Lipinski definition) is 0. The van der Waals surface area contributed by atoms with Gasteiger partial charge in [-0.15, -0.1) is 0 Å². The Kier molecular flexibility index (Phi) is 6.30. The molecule has 0 fully saturated rings. The maximum atomic E-state index is 6.95. The van der Waals surface area contributed by atoms with Crippen molar-refractivity contribution >= 4 is 54.8 Å². The minimum atomic E-state index is -2.77. The van der Waals surface area contributed by atoms with E-state index in [1.807, 2.05) is 54.6 Å². The molecule has 0 N–H and O–H groups in total. The molecule has 2 aromatic rings. The van der Waals surface area contributed by atoms with Crippen LogP contribution in [0.1, 0.15) is 0 Å². The molecule has 0 aromatic heterocycles. The Morgan fingerprint density at radius 3 is 1.38 bits per heavy atom. The van der Waals surface area contributed by atoms with Gasteiger partial charge in [0.05, 0.1) is 0 Å². The molecular weight excluding hydrogens is 600 g/mol. The van der Waals surface area contributed by atoms with E-state index in [-0.39, 0.29) is 0 Å². The molecule has 2 nitrogen and oxygen atoms in total. The number of benzene rings is 2. The van der Waals surface area contributed by atoms with Crippen molar-refractivity contribution in [2.24, 2.45) is 0 Å². The van der Waals surface area contributed by atoms with Gasteiger partial charge >= 0.3 is 190 Å². The third-order valence-electron chi connectivity index (χ3n) is 4.81. The van der Waals surface area contributed by atoms with Gasteiger partial charge < -0.3 is 0 Å². The van der Waals surface area contributed by atoms with E-state index in [9.17, 15) is 0 Å². The van der Waals surface area contributed by atoms with Crippen molar-refractivity contribution in [3.63, 3.8) is 0 Å². The van der Waals surface area contributed by atoms with Gasteiger partial charge in [-0.05, 0) is 0 Å². The van der Waals surface area contributed by atoms with Gasteiger partial charge in [-0.2, -0.15) is 0 Å². The van der Waals surface area contributed by atoms with E-state index in [4.69, 9.17) is 32.7 Å². The van der Waals surface area contributed by atoms with Crippen LogP contribution in [0.5, 0.6) is 11.5 Å². The first-order valence-corrected chi connectivity index (χ1v) is 15.0. The van der Waals surface area contributed by atoms with Crippen molar-refractivity contribution in [1.29, 1.82) is 0 Å². The van der Waals surface area contributed by atoms with E-state index in [1.54, 1.807) is 14.2 Å². The molecule has 2 aliphatic rings. The van der Waals surface area contributed by atoms with Crippen molar-refractivity contribution in [3.05, 3.63) is 88.9 Å². The van der Waals surface area contributed by atoms with E-state index in [0.717, 1.165) is 35.9 Å². The standard InChI is InChI=1S/C10H5Cl2.2C7H7O.Bi/c11-9-6-10(12)8-5-3-1-2-4-7(8)9;2*1-8-7-5-3-2-4-6-7;/h1-5H;2*3-6H,1H3;. The zero-order valence-electron chi connectivity index (χ0n) is 16.0. The molecule has 0 saturated heterocycles. The second kappa shape index (κ2) is 8.92. The summed E-state index contributed by atoms with van der Waals surface area (Å²) in [5, 5.41) is 1.54. The molecule has 0 heterocycles. The summed E-state index contributed by atoms with van der Waals surface area (Å²) in [6.07, 6.45) is 0. The van der Waals surface area contributed by atoms with Crippen LogP contribution in [0.25, 0.3) is 11.1 Å². The van der Waals surface area contributed by atoms with Crippen LogP contribution in [0, 0.1) is 0 Å². The van der Waals surface area contributed by atoms with Crippen LogP contribution in [-0.4, -0.2) is 36.0 Å². The number of methoxy groups -OCH3 is 2. The van der Waals surface area contributed by atoms with E-state index >= 15 is 0 Å². The fourth-order valence-corrected chi connectivity index (χ4v) is 14.5. The van der Waals surface area contributed by atoms with E-state index in [0.29, 0.717) is 0 Å². The molecule has 0 bridgehead atoms. The average Bonchev–Trinajstić information content (AvgIpc) is 2.94. The molecule has 2 aliphatic carbocycles. The van der Waals surface area contributed by atoms with Gasteiger partial charge in [-0.3, -0.25) is 0 Å². The Balaban J connectivity index is 1.95. The third kappa shape index (κ3) is 3.97. The van der Waals surface area contributed by atoms with E-state index < -0.39 is 21.8 Å². The molecule has 0 aliphatic heterocycles. The van der Waals surface area contributed by atoms with Crippen LogP contribution in [0.4, 0.5) is 0 Å². The quantitative estimate of drug-likeness (QED) is 0.304. The summed E-state index contributed by atoms with van der Waals surface area (Å²) >= 11 is 11.1. The molecule has 0 unspecified atom stereocenters. The zero-order chi connectivity index (χ0) is 20.4. The van der Waals surface area contributed by atoms with Crippen molar-refractivity contribution in [2.45, 2.75) is 0 Å². The molecule has 29 heavy (non-hydrogen) atoms. The fraction of sp³-hybridized carbons (Fsp3) is 0.0833. The molecule has 4 rings (SSSR count). The van der Waals surface area contributed by atoms with Crippen LogP contribution in [-0.2, 0) is 0 Å². The van der Waals surface area contributed by atoms with Crippen LogP contribution >= 0.6 is 23.2 Å². The molecule has 0 amide bonds. The van der Waals surface area contributed by atoms with Crippen LogP contribution in [0.3, 0.4) is 0 Å². The predicted octanol–water partition coefficient (Wildman–Crippen LogP) is 4.63. The van der Waals surface area contributed by atoms with Gasteiger partial charge in [-0.1, -0.05) is 0 Å². The fourth-order valence-electron chi connectivity index (χ4n) is 3.35. The van der Waals surface area contributed by atoms with Crippen LogP contribution < -0.4 is 19.3 Å². The summed E-state index contributed by atoms with van der Waals surface area (Å²) in [5.74, 6) is 1.67. The maximum absolute atomic E-state index is 6.95. The van der Waals surface area contributed by atoms with Crippen molar-refractivity contribution in [1.82, 2.24) is 0 Å². The number of fused-ring (bicyclic) bond motifs is 1. The predicted molar refractivity (Wildman–Crippen MR) is 124 cm³/mol. The van der Waals surface area contributed by atoms with Gasteiger partial charge in [0.25, 0.3) is 0 Å². The van der Waals surface area contributed by atoms with Gasteiger partial charge in [0.2, 0.25) is 0 Å². The first-order chi connectivity index (χ1) is 14.1. The van der Waals surface area contributed by atoms with Gasteiger partial charge in [0.1, 0.15) is 0 Å². The first-order valence-electron chi connectivity index (χ1n) is 9.08. The molecule has 0 atom stereocenters. The van der Waals surface area contributed by atoms with E-state index in [1.165, 1.54) is 6.54 Å². The van der Waals surface area contributed by atoms with Gasteiger partial charge in [0.15, 0.2) is 0 Å². The van der Waals surface area contributed by atoms with Gasteiger partial charge in [-0.25, -0.2) is 0 Å². The first kappa shape index (κ1) is 20.5. The van der Waals surface area contributed by atoms with Crippen molar-refractivity contribution in [3.8, 4) is 22.6 Å². The number of halogens is 2. The Morgan fingerprint density at radius 1 is 0.586 bits per heavy atom. The molecule has 0 saturated carbocycles. The SMILES string of the molecule is COc1cc[c]([Bi]([c]2ccc(OC)cc2)[c]2c(Cl)c3cccccc-3c2Cl)cc1. The van der Waals surface area contributed by atoms with E-state index in [2.05, 4.69) is 24.3 Å². The molecular formula is C24H19BiCl2O2. The summed E-state index contributed by atoms with van der Waals surface area (Å²) in [5.41, 5.74) is 2.00.